The van der Waals surface area contributed by atoms with E-state index in [4.69, 9.17) is 0 Å². The fraction of sp³-hybridized carbons (Fsp3) is 0.923. The SMILES string of the molecule is CCCC(SCCCC(F)(F)C(F)(F)C(F)(F)C(F)(F)F)C(=O)OC. The molecule has 0 aromatic heterocycles. The molecule has 1 atom stereocenters. The molecule has 25 heavy (non-hydrogen) atoms. The van der Waals surface area contributed by atoms with Crippen LogP contribution in [0.4, 0.5) is 39.5 Å². The van der Waals surface area contributed by atoms with Crippen molar-refractivity contribution >= 4 is 17.7 Å². The molecule has 1 unspecified atom stereocenters. The highest BCUT2D eigenvalue weighted by Crippen LogP contribution is 2.54. The predicted molar refractivity (Wildman–Crippen MR) is 73.3 cm³/mol. The number of thioether (sulfide) groups is 1. The first-order valence-corrected chi connectivity index (χ1v) is 8.10. The fourth-order valence-electron chi connectivity index (χ4n) is 1.75. The van der Waals surface area contributed by atoms with Crippen LogP contribution >= 0.6 is 11.8 Å². The summed E-state index contributed by atoms with van der Waals surface area (Å²) in [5.41, 5.74) is 0. The van der Waals surface area contributed by atoms with Gasteiger partial charge in [0, 0.05) is 6.42 Å². The number of rotatable bonds is 10. The van der Waals surface area contributed by atoms with Crippen LogP contribution in [0.15, 0.2) is 0 Å². The first kappa shape index (κ1) is 24.2. The van der Waals surface area contributed by atoms with Crippen LogP contribution in [0.1, 0.15) is 32.6 Å². The highest BCUT2D eigenvalue weighted by molar-refractivity contribution is 8.00. The number of carbonyl (C=O) groups excluding carboxylic acids is 1. The smallest absolute Gasteiger partial charge is 0.460 e. The monoisotopic (exact) mass is 408 g/mol. The number of alkyl halides is 9. The van der Waals surface area contributed by atoms with Gasteiger partial charge in [-0.15, -0.1) is 11.8 Å². The van der Waals surface area contributed by atoms with Crippen molar-refractivity contribution < 1.29 is 49.0 Å². The van der Waals surface area contributed by atoms with Crippen LogP contribution in [-0.2, 0) is 9.53 Å². The number of esters is 1. The van der Waals surface area contributed by atoms with Gasteiger partial charge in [-0.05, 0) is 18.6 Å². The lowest BCUT2D eigenvalue weighted by atomic mass is 10.00. The van der Waals surface area contributed by atoms with E-state index in [1.54, 1.807) is 6.92 Å². The minimum atomic E-state index is -6.87. The van der Waals surface area contributed by atoms with E-state index in [0.717, 1.165) is 18.9 Å². The average Bonchev–Trinajstić information content (AvgIpc) is 2.48. The van der Waals surface area contributed by atoms with E-state index in [0.29, 0.717) is 12.8 Å². The summed E-state index contributed by atoms with van der Waals surface area (Å²) in [4.78, 5) is 11.4. The number of halogens is 9. The number of ether oxygens (including phenoxy) is 1. The van der Waals surface area contributed by atoms with Crippen LogP contribution in [-0.4, -0.2) is 48.0 Å². The third-order valence-corrected chi connectivity index (χ3v) is 4.53. The zero-order valence-electron chi connectivity index (χ0n) is 13.2. The first-order chi connectivity index (χ1) is 11.2. The van der Waals surface area contributed by atoms with Crippen LogP contribution < -0.4 is 0 Å². The van der Waals surface area contributed by atoms with Gasteiger partial charge in [0.05, 0.1) is 7.11 Å². The molecule has 150 valence electrons. The normalized spacial score (nSPS) is 15.2. The molecule has 0 spiro atoms. The summed E-state index contributed by atoms with van der Waals surface area (Å²) in [6, 6.07) is 0. The molecule has 0 aliphatic carbocycles. The molecule has 0 heterocycles. The van der Waals surface area contributed by atoms with E-state index in [2.05, 4.69) is 4.74 Å². The van der Waals surface area contributed by atoms with Gasteiger partial charge in [-0.1, -0.05) is 13.3 Å². The topological polar surface area (TPSA) is 26.3 Å². The Bertz CT molecular complexity index is 438. The molecule has 0 radical (unpaired) electrons. The van der Waals surface area contributed by atoms with E-state index in [-0.39, 0.29) is 5.75 Å². The number of hydrogen-bond donors (Lipinski definition) is 0. The van der Waals surface area contributed by atoms with E-state index in [9.17, 15) is 44.3 Å². The van der Waals surface area contributed by atoms with Crippen molar-refractivity contribution in [2.75, 3.05) is 12.9 Å². The molecule has 0 aromatic rings. The van der Waals surface area contributed by atoms with Gasteiger partial charge in [0.15, 0.2) is 0 Å². The lowest BCUT2D eigenvalue weighted by Gasteiger charge is -2.33. The largest absolute Gasteiger partial charge is 0.468 e. The summed E-state index contributed by atoms with van der Waals surface area (Å²) in [5, 5.41) is -0.763. The summed E-state index contributed by atoms with van der Waals surface area (Å²) >= 11 is 0.781. The number of carbonyl (C=O) groups is 1. The highest BCUT2D eigenvalue weighted by Gasteiger charge is 2.81. The molecule has 0 aliphatic rings. The van der Waals surface area contributed by atoms with Crippen LogP contribution in [0, 0.1) is 0 Å². The van der Waals surface area contributed by atoms with Gasteiger partial charge < -0.3 is 4.74 Å². The second-order valence-corrected chi connectivity index (χ2v) is 6.44. The third kappa shape index (κ3) is 5.58. The Hall–Kier alpha value is -0.810. The van der Waals surface area contributed by atoms with Crippen molar-refractivity contribution in [1.29, 1.82) is 0 Å². The van der Waals surface area contributed by atoms with E-state index in [1.807, 2.05) is 0 Å². The molecule has 0 fully saturated rings. The van der Waals surface area contributed by atoms with E-state index in [1.165, 1.54) is 0 Å². The molecule has 0 bridgehead atoms. The Morgan fingerprint density at radius 1 is 1.00 bits per heavy atom. The van der Waals surface area contributed by atoms with Crippen LogP contribution in [0.2, 0.25) is 0 Å². The Kier molecular flexibility index (Phi) is 8.44. The van der Waals surface area contributed by atoms with Gasteiger partial charge in [-0.25, -0.2) is 0 Å². The van der Waals surface area contributed by atoms with Gasteiger partial charge >= 0.3 is 29.9 Å². The maximum Gasteiger partial charge on any atom is 0.460 e. The molecule has 0 aliphatic heterocycles. The molecule has 0 aromatic carbocycles. The molecule has 0 amide bonds. The summed E-state index contributed by atoms with van der Waals surface area (Å²) in [6.07, 6.45) is -8.67. The second-order valence-electron chi connectivity index (χ2n) is 5.13. The van der Waals surface area contributed by atoms with Crippen molar-refractivity contribution in [3.8, 4) is 0 Å². The maximum absolute atomic E-state index is 13.3. The lowest BCUT2D eigenvalue weighted by Crippen LogP contribution is -2.60. The van der Waals surface area contributed by atoms with Gasteiger partial charge in [-0.2, -0.15) is 39.5 Å². The molecular weight excluding hydrogens is 391 g/mol. The molecule has 0 saturated carbocycles. The Labute approximate surface area is 142 Å². The molecule has 0 rings (SSSR count). The Morgan fingerprint density at radius 3 is 1.92 bits per heavy atom. The van der Waals surface area contributed by atoms with Crippen molar-refractivity contribution in [1.82, 2.24) is 0 Å². The zero-order valence-corrected chi connectivity index (χ0v) is 14.1. The predicted octanol–water partition coefficient (Wildman–Crippen LogP) is 5.31. The van der Waals surface area contributed by atoms with Crippen LogP contribution in [0.5, 0.6) is 0 Å². The van der Waals surface area contributed by atoms with Crippen LogP contribution in [0.3, 0.4) is 0 Å². The second kappa shape index (κ2) is 8.72. The minimum absolute atomic E-state index is 0.302. The Balaban J connectivity index is 4.85. The highest BCUT2D eigenvalue weighted by atomic mass is 32.2. The average molecular weight is 408 g/mol. The standard InChI is InChI=1S/C13H17F9O2S/c1-3-5-8(9(23)24-2)25-7-4-6-10(14,15)11(16,17)12(18,19)13(20,21)22/h8H,3-7H2,1-2H3. The summed E-state index contributed by atoms with van der Waals surface area (Å²) < 4.78 is 118. The fourth-order valence-corrected chi connectivity index (χ4v) is 2.98. The van der Waals surface area contributed by atoms with Crippen LogP contribution in [0.25, 0.3) is 0 Å². The summed E-state index contributed by atoms with van der Waals surface area (Å²) in [5.74, 6) is -20.0. The lowest BCUT2D eigenvalue weighted by molar-refractivity contribution is -0.396. The molecule has 0 N–H and O–H groups in total. The Morgan fingerprint density at radius 2 is 1.52 bits per heavy atom. The van der Waals surface area contributed by atoms with Gasteiger partial charge in [-0.3, -0.25) is 4.79 Å². The summed E-state index contributed by atoms with van der Waals surface area (Å²) in [7, 11) is 1.08. The maximum atomic E-state index is 13.3. The molecular formula is C13H17F9O2S. The van der Waals surface area contributed by atoms with Crippen molar-refractivity contribution in [3.05, 3.63) is 0 Å². The van der Waals surface area contributed by atoms with Crippen molar-refractivity contribution in [2.45, 2.75) is 61.8 Å². The molecule has 0 saturated heterocycles. The molecule has 2 nitrogen and oxygen atoms in total. The van der Waals surface area contributed by atoms with E-state index < -0.39 is 48.0 Å². The minimum Gasteiger partial charge on any atom is -0.468 e. The summed E-state index contributed by atoms with van der Waals surface area (Å²) in [6.45, 7) is 1.71. The zero-order chi connectivity index (χ0) is 20.1. The molecule has 12 heteroatoms. The van der Waals surface area contributed by atoms with Crippen molar-refractivity contribution in [2.24, 2.45) is 0 Å². The number of methoxy groups -OCH3 is 1. The van der Waals surface area contributed by atoms with Gasteiger partial charge in [0.25, 0.3) is 0 Å². The number of hydrogen-bond acceptors (Lipinski definition) is 3. The van der Waals surface area contributed by atoms with Gasteiger partial charge in [0.1, 0.15) is 5.25 Å². The van der Waals surface area contributed by atoms with Crippen molar-refractivity contribution in [3.63, 3.8) is 0 Å². The third-order valence-electron chi connectivity index (χ3n) is 3.18. The van der Waals surface area contributed by atoms with E-state index >= 15 is 0 Å². The first-order valence-electron chi connectivity index (χ1n) is 7.05. The van der Waals surface area contributed by atoms with Gasteiger partial charge in [0.2, 0.25) is 0 Å². The quantitative estimate of drug-likeness (QED) is 0.278.